The highest BCUT2D eigenvalue weighted by Crippen LogP contribution is 2.21. The van der Waals surface area contributed by atoms with E-state index in [4.69, 9.17) is 22.5 Å². The third-order valence-electron chi connectivity index (χ3n) is 2.88. The molecule has 0 atom stereocenters. The standard InChI is InChI=1S/C14H12ClF2N3O/c15-10-6-8(14(18)20-21)4-5-9(10)7-19-12-3-1-2-11(16)13(12)17/h1-6,19,21H,7H2,(H2,18,20). The molecule has 0 amide bonds. The summed E-state index contributed by atoms with van der Waals surface area (Å²) in [5.74, 6) is -1.93. The summed E-state index contributed by atoms with van der Waals surface area (Å²) in [5.41, 5.74) is 6.62. The van der Waals surface area contributed by atoms with Crippen molar-refractivity contribution < 1.29 is 14.0 Å². The van der Waals surface area contributed by atoms with Gasteiger partial charge in [-0.2, -0.15) is 0 Å². The minimum absolute atomic E-state index is 0.0478. The molecule has 0 unspecified atom stereocenters. The van der Waals surface area contributed by atoms with Gasteiger partial charge in [-0.1, -0.05) is 35.0 Å². The third-order valence-corrected chi connectivity index (χ3v) is 3.23. The number of amidine groups is 1. The maximum Gasteiger partial charge on any atom is 0.181 e. The van der Waals surface area contributed by atoms with Crippen molar-refractivity contribution in [2.24, 2.45) is 10.9 Å². The van der Waals surface area contributed by atoms with Gasteiger partial charge < -0.3 is 16.3 Å². The van der Waals surface area contributed by atoms with Crippen molar-refractivity contribution in [3.63, 3.8) is 0 Å². The van der Waals surface area contributed by atoms with Crippen molar-refractivity contribution in [3.8, 4) is 0 Å². The van der Waals surface area contributed by atoms with Crippen molar-refractivity contribution in [1.82, 2.24) is 0 Å². The van der Waals surface area contributed by atoms with Crippen molar-refractivity contribution in [2.75, 3.05) is 5.32 Å². The smallest absolute Gasteiger partial charge is 0.181 e. The fraction of sp³-hybridized carbons (Fsp3) is 0.0714. The van der Waals surface area contributed by atoms with Gasteiger partial charge in [-0.3, -0.25) is 0 Å². The van der Waals surface area contributed by atoms with Crippen LogP contribution in [0.3, 0.4) is 0 Å². The molecule has 0 spiro atoms. The van der Waals surface area contributed by atoms with Crippen LogP contribution in [0.4, 0.5) is 14.5 Å². The van der Waals surface area contributed by atoms with Gasteiger partial charge in [0.05, 0.1) is 5.69 Å². The highest BCUT2D eigenvalue weighted by atomic mass is 35.5. The molecule has 0 bridgehead atoms. The minimum atomic E-state index is -0.943. The van der Waals surface area contributed by atoms with Crippen molar-refractivity contribution in [3.05, 3.63) is 64.2 Å². The van der Waals surface area contributed by atoms with Crippen LogP contribution >= 0.6 is 11.6 Å². The van der Waals surface area contributed by atoms with Crippen LogP contribution in [-0.4, -0.2) is 11.0 Å². The minimum Gasteiger partial charge on any atom is -0.409 e. The van der Waals surface area contributed by atoms with Gasteiger partial charge in [0, 0.05) is 17.1 Å². The molecule has 0 saturated heterocycles. The quantitative estimate of drug-likeness (QED) is 0.351. The maximum absolute atomic E-state index is 13.5. The molecule has 21 heavy (non-hydrogen) atoms. The first kappa shape index (κ1) is 15.1. The number of nitrogens with zero attached hydrogens (tertiary/aromatic N) is 1. The van der Waals surface area contributed by atoms with Gasteiger partial charge in [-0.25, -0.2) is 8.78 Å². The van der Waals surface area contributed by atoms with Crippen LogP contribution in [0.5, 0.6) is 0 Å². The van der Waals surface area contributed by atoms with E-state index in [1.54, 1.807) is 12.1 Å². The molecular formula is C14H12ClF2N3O. The van der Waals surface area contributed by atoms with Gasteiger partial charge in [0.15, 0.2) is 17.5 Å². The maximum atomic E-state index is 13.5. The van der Waals surface area contributed by atoms with E-state index < -0.39 is 11.6 Å². The lowest BCUT2D eigenvalue weighted by molar-refractivity contribution is 0.318. The zero-order valence-corrected chi connectivity index (χ0v) is 11.5. The molecule has 0 aliphatic heterocycles. The number of nitrogens with two attached hydrogens (primary N) is 1. The number of benzene rings is 2. The molecule has 0 aromatic heterocycles. The molecule has 2 aromatic carbocycles. The molecule has 0 fully saturated rings. The Morgan fingerprint density at radius 2 is 2.05 bits per heavy atom. The lowest BCUT2D eigenvalue weighted by Crippen LogP contribution is -2.13. The second-order valence-electron chi connectivity index (χ2n) is 4.25. The Morgan fingerprint density at radius 3 is 2.71 bits per heavy atom. The van der Waals surface area contributed by atoms with E-state index in [1.165, 1.54) is 18.2 Å². The fourth-order valence-electron chi connectivity index (χ4n) is 1.74. The van der Waals surface area contributed by atoms with Crippen LogP contribution in [0, 0.1) is 11.6 Å². The molecule has 0 aliphatic carbocycles. The van der Waals surface area contributed by atoms with Crippen LogP contribution in [-0.2, 0) is 6.54 Å². The van der Waals surface area contributed by atoms with Crippen LogP contribution in [0.2, 0.25) is 5.02 Å². The van der Waals surface area contributed by atoms with Crippen LogP contribution in [0.25, 0.3) is 0 Å². The highest BCUT2D eigenvalue weighted by molar-refractivity contribution is 6.31. The Hall–Kier alpha value is -2.34. The number of hydrogen-bond acceptors (Lipinski definition) is 3. The van der Waals surface area contributed by atoms with Crippen molar-refractivity contribution in [1.29, 1.82) is 0 Å². The SMILES string of the molecule is N/C(=N/O)c1ccc(CNc2cccc(F)c2F)c(Cl)c1. The molecule has 0 saturated carbocycles. The highest BCUT2D eigenvalue weighted by Gasteiger charge is 2.09. The predicted molar refractivity (Wildman–Crippen MR) is 77.6 cm³/mol. The van der Waals surface area contributed by atoms with Gasteiger partial charge >= 0.3 is 0 Å². The first-order valence-electron chi connectivity index (χ1n) is 5.97. The predicted octanol–water partition coefficient (Wildman–Crippen LogP) is 3.32. The lowest BCUT2D eigenvalue weighted by Gasteiger charge is -2.10. The topological polar surface area (TPSA) is 70.6 Å². The average molecular weight is 312 g/mol. The molecule has 4 N–H and O–H groups in total. The Balaban J connectivity index is 2.15. The van der Waals surface area contributed by atoms with Crippen LogP contribution in [0.1, 0.15) is 11.1 Å². The van der Waals surface area contributed by atoms with E-state index in [2.05, 4.69) is 10.5 Å². The van der Waals surface area contributed by atoms with Crippen molar-refractivity contribution >= 4 is 23.1 Å². The van der Waals surface area contributed by atoms with Crippen LogP contribution in [0.15, 0.2) is 41.6 Å². The van der Waals surface area contributed by atoms with E-state index in [0.29, 0.717) is 16.1 Å². The summed E-state index contributed by atoms with van der Waals surface area (Å²) in [6.45, 7) is 0.204. The van der Waals surface area contributed by atoms with E-state index in [9.17, 15) is 8.78 Å². The Labute approximate surface area is 124 Å². The molecule has 7 heteroatoms. The first-order valence-corrected chi connectivity index (χ1v) is 6.35. The lowest BCUT2D eigenvalue weighted by atomic mass is 10.1. The van der Waals surface area contributed by atoms with E-state index in [-0.39, 0.29) is 18.1 Å². The Bertz CT molecular complexity index is 692. The number of rotatable bonds is 4. The summed E-state index contributed by atoms with van der Waals surface area (Å²) in [4.78, 5) is 0. The number of halogens is 3. The van der Waals surface area contributed by atoms with E-state index in [1.807, 2.05) is 0 Å². The summed E-state index contributed by atoms with van der Waals surface area (Å²) < 4.78 is 26.6. The Morgan fingerprint density at radius 1 is 1.29 bits per heavy atom. The summed E-state index contributed by atoms with van der Waals surface area (Å²) in [7, 11) is 0. The van der Waals surface area contributed by atoms with Gasteiger partial charge in [0.25, 0.3) is 0 Å². The number of nitrogens with one attached hydrogen (secondary N) is 1. The molecule has 110 valence electrons. The normalized spacial score (nSPS) is 11.5. The molecule has 2 aromatic rings. The Kier molecular flexibility index (Phi) is 4.59. The summed E-state index contributed by atoms with van der Waals surface area (Å²) in [6, 6.07) is 8.66. The largest absolute Gasteiger partial charge is 0.409 e. The molecule has 2 rings (SSSR count). The van der Waals surface area contributed by atoms with E-state index in [0.717, 1.165) is 6.07 Å². The molecule has 4 nitrogen and oxygen atoms in total. The molecule has 0 aliphatic rings. The summed E-state index contributed by atoms with van der Waals surface area (Å²) in [5, 5.41) is 14.6. The number of oxime groups is 1. The number of anilines is 1. The zero-order chi connectivity index (χ0) is 15.4. The molecule has 0 radical (unpaired) electrons. The fourth-order valence-corrected chi connectivity index (χ4v) is 1.99. The molecular weight excluding hydrogens is 300 g/mol. The second-order valence-corrected chi connectivity index (χ2v) is 4.65. The zero-order valence-electron chi connectivity index (χ0n) is 10.8. The summed E-state index contributed by atoms with van der Waals surface area (Å²) >= 11 is 6.07. The number of hydrogen-bond donors (Lipinski definition) is 3. The van der Waals surface area contributed by atoms with Gasteiger partial charge in [-0.15, -0.1) is 0 Å². The van der Waals surface area contributed by atoms with Crippen molar-refractivity contribution in [2.45, 2.75) is 6.54 Å². The first-order chi connectivity index (χ1) is 10.0. The monoisotopic (exact) mass is 311 g/mol. The van der Waals surface area contributed by atoms with Crippen LogP contribution < -0.4 is 11.1 Å². The summed E-state index contributed by atoms with van der Waals surface area (Å²) in [6.07, 6.45) is 0. The van der Waals surface area contributed by atoms with Gasteiger partial charge in [0.2, 0.25) is 0 Å². The van der Waals surface area contributed by atoms with Gasteiger partial charge in [0.1, 0.15) is 0 Å². The second kappa shape index (κ2) is 6.41. The average Bonchev–Trinajstić information content (AvgIpc) is 2.49. The molecule has 0 heterocycles. The van der Waals surface area contributed by atoms with Gasteiger partial charge in [-0.05, 0) is 23.8 Å². The van der Waals surface area contributed by atoms with E-state index >= 15 is 0 Å². The third kappa shape index (κ3) is 3.41.